The molecule has 0 saturated carbocycles. The normalized spacial score (nSPS) is 15.4. The molecule has 0 radical (unpaired) electrons. The summed E-state index contributed by atoms with van der Waals surface area (Å²) in [6.45, 7) is 9.34. The topological polar surface area (TPSA) is 64.3 Å². The number of nitrogens with zero attached hydrogens (tertiary/aromatic N) is 4. The van der Waals surface area contributed by atoms with Crippen LogP contribution in [-0.4, -0.2) is 92.8 Å². The molecule has 1 amide bonds. The van der Waals surface area contributed by atoms with Crippen molar-refractivity contribution in [3.63, 3.8) is 0 Å². The number of hydrogen-bond acceptors (Lipinski definition) is 7. The minimum atomic E-state index is -0.322. The number of aromatic nitrogens is 1. The quantitative estimate of drug-likeness (QED) is 0.261. The Hall–Kier alpha value is -3.27. The molecular formula is C32H41N5O3S. The summed E-state index contributed by atoms with van der Waals surface area (Å²) in [5.41, 5.74) is 6.02. The lowest BCUT2D eigenvalue weighted by Gasteiger charge is -2.22. The van der Waals surface area contributed by atoms with Crippen LogP contribution in [0.5, 0.6) is 11.5 Å². The van der Waals surface area contributed by atoms with E-state index < -0.39 is 0 Å². The predicted molar refractivity (Wildman–Crippen MR) is 168 cm³/mol. The van der Waals surface area contributed by atoms with Crippen molar-refractivity contribution in [1.82, 2.24) is 19.7 Å². The third-order valence-electron chi connectivity index (χ3n) is 8.33. The van der Waals surface area contributed by atoms with E-state index in [9.17, 15) is 4.79 Å². The summed E-state index contributed by atoms with van der Waals surface area (Å²) in [6.07, 6.45) is 3.27. The molecule has 1 fully saturated rings. The summed E-state index contributed by atoms with van der Waals surface area (Å²) >= 11 is 1.66. The van der Waals surface area contributed by atoms with Gasteiger partial charge in [0.1, 0.15) is 12.4 Å². The van der Waals surface area contributed by atoms with Gasteiger partial charge in [0.2, 0.25) is 0 Å². The molecule has 0 unspecified atom stereocenters. The van der Waals surface area contributed by atoms with Gasteiger partial charge in [-0.1, -0.05) is 0 Å². The number of amides is 1. The van der Waals surface area contributed by atoms with Crippen LogP contribution in [0.1, 0.15) is 29.7 Å². The summed E-state index contributed by atoms with van der Waals surface area (Å²) in [5, 5.41) is 4.57. The van der Waals surface area contributed by atoms with E-state index in [1.165, 1.54) is 42.4 Å². The van der Waals surface area contributed by atoms with Crippen LogP contribution in [-0.2, 0) is 13.0 Å². The number of ether oxygens (including phenoxy) is 2. The van der Waals surface area contributed by atoms with Crippen LogP contribution in [0.4, 0.5) is 10.5 Å². The lowest BCUT2D eigenvalue weighted by Crippen LogP contribution is -2.35. The standard InChI is InChI=1S/C32H41N5O3S/c1-22-21-41-31-29(40-32(38)35(4)14-13-34(2)3)19-28-26(30(22)31)9-12-37(28)20-24-17-23-18-25(7-8-27(23)33-24)39-16-15-36-10-5-6-11-36/h7-8,17-19,21,33H,5-6,9-16,20H2,1-4H3. The minimum Gasteiger partial charge on any atom is -0.492 e. The van der Waals surface area contributed by atoms with Crippen molar-refractivity contribution in [3.8, 4) is 11.5 Å². The molecule has 0 bridgehead atoms. The average molecular weight is 576 g/mol. The van der Waals surface area contributed by atoms with E-state index >= 15 is 0 Å². The monoisotopic (exact) mass is 575 g/mol. The second-order valence-corrected chi connectivity index (χ2v) is 12.6. The lowest BCUT2D eigenvalue weighted by molar-refractivity contribution is 0.160. The second-order valence-electron chi connectivity index (χ2n) is 11.7. The fraction of sp³-hybridized carbons (Fsp3) is 0.469. The van der Waals surface area contributed by atoms with Gasteiger partial charge in [-0.05, 0) is 94.1 Å². The van der Waals surface area contributed by atoms with Crippen LogP contribution in [0.2, 0.25) is 0 Å². The maximum absolute atomic E-state index is 13.0. The number of hydrogen-bond donors (Lipinski definition) is 1. The van der Waals surface area contributed by atoms with Crippen LogP contribution >= 0.6 is 11.3 Å². The number of thiophene rings is 1. The maximum atomic E-state index is 13.0. The van der Waals surface area contributed by atoms with Crippen LogP contribution < -0.4 is 14.4 Å². The highest BCUT2D eigenvalue weighted by atomic mass is 32.1. The van der Waals surface area contributed by atoms with E-state index in [1.807, 2.05) is 14.1 Å². The van der Waals surface area contributed by atoms with Gasteiger partial charge in [-0.25, -0.2) is 4.79 Å². The molecule has 4 aromatic rings. The molecule has 41 heavy (non-hydrogen) atoms. The Labute approximate surface area is 246 Å². The summed E-state index contributed by atoms with van der Waals surface area (Å²) in [5.74, 6) is 1.57. The Morgan fingerprint density at radius 2 is 1.90 bits per heavy atom. The molecule has 2 aromatic carbocycles. The summed E-state index contributed by atoms with van der Waals surface area (Å²) < 4.78 is 13.2. The van der Waals surface area contributed by atoms with Crippen LogP contribution in [0.3, 0.4) is 0 Å². The average Bonchev–Trinajstić information content (AvgIpc) is 3.75. The second kappa shape index (κ2) is 11.9. The van der Waals surface area contributed by atoms with Crippen molar-refractivity contribution in [1.29, 1.82) is 0 Å². The number of likely N-dealkylation sites (N-methyl/N-ethyl adjacent to an activating group) is 2. The zero-order valence-corrected chi connectivity index (χ0v) is 25.5. The van der Waals surface area contributed by atoms with Gasteiger partial charge in [-0.2, -0.15) is 0 Å². The molecule has 2 aliphatic rings. The van der Waals surface area contributed by atoms with Gasteiger partial charge in [0.25, 0.3) is 0 Å². The highest BCUT2D eigenvalue weighted by Gasteiger charge is 2.27. The summed E-state index contributed by atoms with van der Waals surface area (Å²) in [6, 6.07) is 10.6. The fourth-order valence-electron chi connectivity index (χ4n) is 6.01. The molecule has 0 spiro atoms. The predicted octanol–water partition coefficient (Wildman–Crippen LogP) is 5.72. The molecule has 218 valence electrons. The van der Waals surface area contributed by atoms with Crippen molar-refractivity contribution < 1.29 is 14.3 Å². The molecule has 1 N–H and O–H groups in total. The molecule has 0 aliphatic carbocycles. The van der Waals surface area contributed by atoms with Crippen LogP contribution in [0.25, 0.3) is 21.0 Å². The number of carbonyl (C=O) groups is 1. The first kappa shape index (κ1) is 27.9. The number of nitrogens with one attached hydrogen (secondary N) is 1. The molecule has 9 heteroatoms. The number of rotatable bonds is 10. The highest BCUT2D eigenvalue weighted by Crippen LogP contribution is 2.45. The van der Waals surface area contributed by atoms with E-state index in [2.05, 4.69) is 62.3 Å². The number of aryl methyl sites for hydroxylation is 1. The Bertz CT molecular complexity index is 1540. The Morgan fingerprint density at radius 1 is 1.07 bits per heavy atom. The van der Waals surface area contributed by atoms with E-state index in [1.54, 1.807) is 23.3 Å². The number of likely N-dealkylation sites (tertiary alicyclic amines) is 1. The third kappa shape index (κ3) is 6.03. The van der Waals surface area contributed by atoms with Crippen LogP contribution in [0.15, 0.2) is 35.7 Å². The number of anilines is 1. The smallest absolute Gasteiger partial charge is 0.415 e. The molecule has 2 aliphatic heterocycles. The lowest BCUT2D eigenvalue weighted by atomic mass is 10.0. The van der Waals surface area contributed by atoms with E-state index in [4.69, 9.17) is 9.47 Å². The number of H-pyrrole nitrogens is 1. The molecule has 8 nitrogen and oxygen atoms in total. The number of carbonyl (C=O) groups excluding carboxylic acids is 1. The van der Waals surface area contributed by atoms with E-state index in [0.717, 1.165) is 71.9 Å². The fourth-order valence-corrected chi connectivity index (χ4v) is 7.04. The van der Waals surface area contributed by atoms with Crippen LogP contribution in [0, 0.1) is 6.92 Å². The first-order chi connectivity index (χ1) is 19.9. The van der Waals surface area contributed by atoms with Gasteiger partial charge in [0.15, 0.2) is 5.75 Å². The first-order valence-corrected chi connectivity index (χ1v) is 15.6. The number of fused-ring (bicyclic) bond motifs is 4. The van der Waals surface area contributed by atoms with Crippen molar-refractivity contribution >= 4 is 44.1 Å². The molecule has 4 heterocycles. The van der Waals surface area contributed by atoms with Gasteiger partial charge in [0, 0.05) is 67.0 Å². The third-order valence-corrected chi connectivity index (χ3v) is 9.44. The zero-order valence-electron chi connectivity index (χ0n) is 24.7. The summed E-state index contributed by atoms with van der Waals surface area (Å²) in [7, 11) is 5.80. The first-order valence-electron chi connectivity index (χ1n) is 14.7. The van der Waals surface area contributed by atoms with Gasteiger partial charge >= 0.3 is 6.09 Å². The van der Waals surface area contributed by atoms with Gasteiger partial charge in [-0.3, -0.25) is 4.90 Å². The maximum Gasteiger partial charge on any atom is 0.415 e. The SMILES string of the molecule is Cc1csc2c(OC(=O)N(C)CCN(C)C)cc3c(c12)CCN3Cc1cc2cc(OCCN3CCCC3)ccc2[nH]1. The van der Waals surface area contributed by atoms with E-state index in [-0.39, 0.29) is 6.09 Å². The minimum absolute atomic E-state index is 0.322. The number of benzene rings is 2. The van der Waals surface area contributed by atoms with Gasteiger partial charge < -0.3 is 29.2 Å². The Kier molecular flexibility index (Phi) is 8.10. The van der Waals surface area contributed by atoms with Gasteiger partial charge in [-0.15, -0.1) is 11.3 Å². The molecule has 1 saturated heterocycles. The molecule has 2 aromatic heterocycles. The highest BCUT2D eigenvalue weighted by molar-refractivity contribution is 7.17. The van der Waals surface area contributed by atoms with Gasteiger partial charge in [0.05, 0.1) is 11.2 Å². The zero-order chi connectivity index (χ0) is 28.5. The Balaban J connectivity index is 1.19. The number of aromatic amines is 1. The van der Waals surface area contributed by atoms with Crippen molar-refractivity contribution in [2.45, 2.75) is 32.7 Å². The van der Waals surface area contributed by atoms with Crippen molar-refractivity contribution in [3.05, 3.63) is 52.5 Å². The van der Waals surface area contributed by atoms with Crippen molar-refractivity contribution in [2.24, 2.45) is 0 Å². The largest absolute Gasteiger partial charge is 0.492 e. The molecule has 0 atom stereocenters. The molecular weight excluding hydrogens is 534 g/mol. The summed E-state index contributed by atoms with van der Waals surface area (Å²) in [4.78, 5) is 25.2. The van der Waals surface area contributed by atoms with Crippen molar-refractivity contribution in [2.75, 3.05) is 71.9 Å². The Morgan fingerprint density at radius 3 is 2.71 bits per heavy atom. The molecule has 6 rings (SSSR count). The van der Waals surface area contributed by atoms with E-state index in [0.29, 0.717) is 12.3 Å².